The molecule has 0 saturated heterocycles. The number of rotatable bonds is 8. The van der Waals surface area contributed by atoms with Crippen molar-refractivity contribution in [2.45, 2.75) is 39.1 Å². The predicted molar refractivity (Wildman–Crippen MR) is 134 cm³/mol. The number of carbonyl (C=O) groups excluding carboxylic acids is 3. The van der Waals surface area contributed by atoms with E-state index in [4.69, 9.17) is 14.0 Å². The number of ether oxygens (including phenoxy) is 3. The number of alkyl halides is 2. The predicted octanol–water partition coefficient (Wildman–Crippen LogP) is 4.40. The first-order chi connectivity index (χ1) is 17.3. The van der Waals surface area contributed by atoms with Gasteiger partial charge in [-0.3, -0.25) is 19.5 Å². The number of nitro benzene ring substituents is 1. The highest BCUT2D eigenvalue weighted by atomic mass is 127. The van der Waals surface area contributed by atoms with Crippen molar-refractivity contribution in [2.24, 2.45) is 5.41 Å². The fourth-order valence-electron chi connectivity index (χ4n) is 2.57. The Morgan fingerprint density at radius 1 is 1.03 bits per heavy atom. The number of benzene rings is 2. The Hall–Kier alpha value is -3.25. The van der Waals surface area contributed by atoms with Crippen LogP contribution in [0.5, 0.6) is 11.5 Å². The second-order valence-corrected chi connectivity index (χ2v) is 11.4. The summed E-state index contributed by atoms with van der Waals surface area (Å²) in [6.07, 6.45) is -2.75. The number of nitro groups is 1. The van der Waals surface area contributed by atoms with Crippen LogP contribution in [-0.4, -0.2) is 47.2 Å². The molecule has 16 heteroatoms. The lowest BCUT2D eigenvalue weighted by Crippen LogP contribution is -2.42. The molecule has 0 bridgehead atoms. The standard InChI is InChI=1S/C22H20F2INO11S/c1-11(22(23,24)38(32,33)34)35-19(28)15-10-13(6-8-16(15)26(30)31)36-18(27)14-7-5-12(25)9-17(14)37-20(29)21(2,3)4/h5-11H,1-4H3,(H,32,33,34). The molecule has 0 saturated carbocycles. The van der Waals surface area contributed by atoms with Crippen LogP contribution < -0.4 is 9.47 Å². The Balaban J connectivity index is 2.41. The minimum Gasteiger partial charge on any atom is -0.451 e. The van der Waals surface area contributed by atoms with Crippen molar-refractivity contribution < 1.29 is 55.3 Å². The number of hydrogen-bond acceptors (Lipinski definition) is 10. The first kappa shape index (κ1) is 31.0. The van der Waals surface area contributed by atoms with Crippen LogP contribution in [0.3, 0.4) is 0 Å². The van der Waals surface area contributed by atoms with E-state index in [2.05, 4.69) is 4.74 Å². The van der Waals surface area contributed by atoms with Gasteiger partial charge in [-0.05, 0) is 74.6 Å². The molecule has 2 aromatic carbocycles. The molecule has 2 aromatic rings. The summed E-state index contributed by atoms with van der Waals surface area (Å²) in [5.41, 5.74) is -3.03. The van der Waals surface area contributed by atoms with Crippen molar-refractivity contribution in [2.75, 3.05) is 0 Å². The van der Waals surface area contributed by atoms with Gasteiger partial charge in [0.05, 0.1) is 10.3 Å². The van der Waals surface area contributed by atoms with Gasteiger partial charge < -0.3 is 14.2 Å². The Morgan fingerprint density at radius 2 is 1.63 bits per heavy atom. The number of carbonyl (C=O) groups is 3. The van der Waals surface area contributed by atoms with Crippen LogP contribution in [0.15, 0.2) is 36.4 Å². The zero-order valence-corrected chi connectivity index (χ0v) is 23.0. The highest BCUT2D eigenvalue weighted by Crippen LogP contribution is 2.31. The molecule has 0 heterocycles. The summed E-state index contributed by atoms with van der Waals surface area (Å²) in [5.74, 6) is -4.14. The van der Waals surface area contributed by atoms with Gasteiger partial charge in [0.25, 0.3) is 5.69 Å². The van der Waals surface area contributed by atoms with Gasteiger partial charge in [-0.15, -0.1) is 0 Å². The molecular weight excluding hydrogens is 651 g/mol. The van der Waals surface area contributed by atoms with Gasteiger partial charge in [0, 0.05) is 15.7 Å². The van der Waals surface area contributed by atoms with Gasteiger partial charge in [-0.2, -0.15) is 17.2 Å². The van der Waals surface area contributed by atoms with Gasteiger partial charge in [-0.1, -0.05) is 0 Å². The summed E-state index contributed by atoms with van der Waals surface area (Å²) in [5, 5.41) is 6.42. The first-order valence-electron chi connectivity index (χ1n) is 10.3. The molecule has 0 aliphatic rings. The minimum atomic E-state index is -5.99. The molecule has 206 valence electrons. The van der Waals surface area contributed by atoms with Gasteiger partial charge in [0.15, 0.2) is 6.10 Å². The third-order valence-corrected chi connectivity index (χ3v) is 6.37. The Kier molecular flexibility index (Phi) is 9.16. The molecule has 1 N–H and O–H groups in total. The van der Waals surface area contributed by atoms with E-state index in [9.17, 15) is 41.7 Å². The van der Waals surface area contributed by atoms with Crippen LogP contribution in [0, 0.1) is 19.1 Å². The number of halogens is 3. The van der Waals surface area contributed by atoms with E-state index < -0.39 is 66.7 Å². The molecule has 0 amide bonds. The Morgan fingerprint density at radius 3 is 2.16 bits per heavy atom. The van der Waals surface area contributed by atoms with E-state index in [1.54, 1.807) is 20.8 Å². The summed E-state index contributed by atoms with van der Waals surface area (Å²) in [6.45, 7) is 5.21. The van der Waals surface area contributed by atoms with Gasteiger partial charge in [0.1, 0.15) is 22.6 Å². The lowest BCUT2D eigenvalue weighted by atomic mass is 9.97. The maximum atomic E-state index is 13.8. The fraction of sp³-hybridized carbons (Fsp3) is 0.318. The van der Waals surface area contributed by atoms with E-state index in [1.165, 1.54) is 18.2 Å². The van der Waals surface area contributed by atoms with Crippen molar-refractivity contribution in [3.05, 3.63) is 61.2 Å². The van der Waals surface area contributed by atoms with Crippen molar-refractivity contribution in [3.8, 4) is 11.5 Å². The molecule has 1 unspecified atom stereocenters. The van der Waals surface area contributed by atoms with E-state index >= 15 is 0 Å². The van der Waals surface area contributed by atoms with E-state index in [0.29, 0.717) is 16.6 Å². The van der Waals surface area contributed by atoms with Gasteiger partial charge in [0.2, 0.25) is 0 Å². The van der Waals surface area contributed by atoms with Crippen molar-refractivity contribution >= 4 is 56.3 Å². The van der Waals surface area contributed by atoms with Crippen LogP contribution in [0.25, 0.3) is 0 Å². The molecule has 0 spiro atoms. The average Bonchev–Trinajstić information content (AvgIpc) is 2.77. The highest BCUT2D eigenvalue weighted by Gasteiger charge is 2.52. The maximum Gasteiger partial charge on any atom is 0.405 e. The van der Waals surface area contributed by atoms with Crippen molar-refractivity contribution in [1.82, 2.24) is 0 Å². The zero-order valence-electron chi connectivity index (χ0n) is 20.1. The molecule has 0 aromatic heterocycles. The molecule has 0 radical (unpaired) electrons. The van der Waals surface area contributed by atoms with Crippen LogP contribution in [0.2, 0.25) is 0 Å². The quantitative estimate of drug-likeness (QED) is 0.105. The Bertz CT molecular complexity index is 1400. The molecule has 0 aliphatic carbocycles. The molecule has 0 fully saturated rings. The van der Waals surface area contributed by atoms with E-state index in [0.717, 1.165) is 12.1 Å². The summed E-state index contributed by atoms with van der Waals surface area (Å²) in [7, 11) is -5.99. The Labute approximate surface area is 228 Å². The number of nitrogens with zero attached hydrogens (tertiary/aromatic N) is 1. The summed E-state index contributed by atoms with van der Waals surface area (Å²) in [4.78, 5) is 47.9. The normalized spacial score (nSPS) is 12.8. The number of hydrogen-bond donors (Lipinski definition) is 1. The van der Waals surface area contributed by atoms with Crippen LogP contribution in [0.4, 0.5) is 14.5 Å². The smallest absolute Gasteiger partial charge is 0.405 e. The largest absolute Gasteiger partial charge is 0.451 e. The second kappa shape index (κ2) is 11.2. The summed E-state index contributed by atoms with van der Waals surface area (Å²) >= 11 is 1.91. The van der Waals surface area contributed by atoms with Crippen LogP contribution in [0.1, 0.15) is 48.4 Å². The molecule has 12 nitrogen and oxygen atoms in total. The molecule has 0 aliphatic heterocycles. The van der Waals surface area contributed by atoms with Gasteiger partial charge in [-0.25, -0.2) is 9.59 Å². The van der Waals surface area contributed by atoms with Crippen LogP contribution >= 0.6 is 22.6 Å². The monoisotopic (exact) mass is 671 g/mol. The third-order valence-electron chi connectivity index (χ3n) is 4.67. The first-order valence-corrected chi connectivity index (χ1v) is 12.9. The third kappa shape index (κ3) is 7.19. The van der Waals surface area contributed by atoms with Crippen molar-refractivity contribution in [3.63, 3.8) is 0 Å². The number of esters is 3. The summed E-state index contributed by atoms with van der Waals surface area (Å²) < 4.78 is 73.4. The molecule has 1 atom stereocenters. The van der Waals surface area contributed by atoms with Crippen molar-refractivity contribution in [1.29, 1.82) is 0 Å². The lowest BCUT2D eigenvalue weighted by molar-refractivity contribution is -0.385. The summed E-state index contributed by atoms with van der Waals surface area (Å²) in [6, 6.07) is 6.46. The van der Waals surface area contributed by atoms with Crippen LogP contribution in [-0.2, 0) is 19.6 Å². The molecular formula is C22H20F2INO11S. The topological polar surface area (TPSA) is 176 Å². The fourth-order valence-corrected chi connectivity index (χ4v) is 3.50. The second-order valence-electron chi connectivity index (χ2n) is 8.69. The van der Waals surface area contributed by atoms with Gasteiger partial charge >= 0.3 is 33.3 Å². The van der Waals surface area contributed by atoms with E-state index in [-0.39, 0.29) is 11.3 Å². The van der Waals surface area contributed by atoms with E-state index in [1.807, 2.05) is 22.6 Å². The minimum absolute atomic E-state index is 0.148. The highest BCUT2D eigenvalue weighted by molar-refractivity contribution is 14.1. The maximum absolute atomic E-state index is 13.8. The molecule has 2 rings (SSSR count). The zero-order chi connectivity index (χ0) is 29.2. The average molecular weight is 671 g/mol. The molecule has 38 heavy (non-hydrogen) atoms. The SMILES string of the molecule is CC(OC(=O)c1cc(OC(=O)c2ccc(I)cc2OC(=O)C(C)(C)C)ccc1[N+](=O)[O-])C(F)(F)S(=O)(=O)O. The lowest BCUT2D eigenvalue weighted by Gasteiger charge is -2.20.